The minimum atomic E-state index is -0.304. The van der Waals surface area contributed by atoms with E-state index >= 15 is 0 Å². The molecule has 2 heterocycles. The van der Waals surface area contributed by atoms with Crippen LogP contribution in [0.15, 0.2) is 42.7 Å². The highest BCUT2D eigenvalue weighted by Crippen LogP contribution is 2.33. The van der Waals surface area contributed by atoms with Gasteiger partial charge in [-0.1, -0.05) is 0 Å². The third-order valence-electron chi connectivity index (χ3n) is 5.31. The number of fused-ring (bicyclic) bond motifs is 1. The molecule has 0 radical (unpaired) electrons. The van der Waals surface area contributed by atoms with Crippen LogP contribution in [0.4, 0.5) is 14.5 Å². The molecule has 0 saturated carbocycles. The lowest BCUT2D eigenvalue weighted by Gasteiger charge is -2.21. The maximum atomic E-state index is 14.1. The fraction of sp³-hybridized carbons (Fsp3) is 0.360. The van der Waals surface area contributed by atoms with Crippen molar-refractivity contribution in [1.29, 1.82) is 0 Å². The second kappa shape index (κ2) is 12.1. The number of hydrogen-bond acceptors (Lipinski definition) is 6. The lowest BCUT2D eigenvalue weighted by Crippen LogP contribution is -2.21. The van der Waals surface area contributed by atoms with E-state index in [0.717, 1.165) is 24.8 Å². The first-order chi connectivity index (χ1) is 16.4. The molecule has 0 fully saturated rings. The quantitative estimate of drug-likeness (QED) is 0.379. The summed E-state index contributed by atoms with van der Waals surface area (Å²) in [6.07, 6.45) is 5.60. The number of aldehydes is 1. The minimum Gasteiger partial charge on any atom is -0.493 e. The summed E-state index contributed by atoms with van der Waals surface area (Å²) in [5, 5.41) is 9.50. The number of benzene rings is 2. The number of halogens is 2. The summed E-state index contributed by atoms with van der Waals surface area (Å²) in [4.78, 5) is 12.6. The first-order valence-electron chi connectivity index (χ1n) is 11.1. The van der Waals surface area contributed by atoms with Gasteiger partial charge in [0.2, 0.25) is 0 Å². The number of carbonyl (C=O) groups excluding carboxylic acids is 1. The van der Waals surface area contributed by atoms with E-state index in [1.807, 2.05) is 14.1 Å². The van der Waals surface area contributed by atoms with Crippen LogP contribution in [-0.4, -0.2) is 62.3 Å². The summed E-state index contributed by atoms with van der Waals surface area (Å²) in [5.74, 6) is 0.623. The van der Waals surface area contributed by atoms with Crippen LogP contribution in [0.2, 0.25) is 0 Å². The number of aromatic nitrogens is 2. The number of hydrogen-bond donors (Lipinski definition) is 2. The van der Waals surface area contributed by atoms with E-state index in [1.54, 1.807) is 31.6 Å². The molecule has 34 heavy (non-hydrogen) atoms. The first kappa shape index (κ1) is 25.2. The van der Waals surface area contributed by atoms with Crippen LogP contribution < -0.4 is 14.8 Å². The lowest BCUT2D eigenvalue weighted by atomic mass is 9.98. The molecule has 1 unspecified atom stereocenters. The molecule has 0 saturated heterocycles. The molecule has 3 aromatic rings. The Hall–Kier alpha value is -3.46. The Balaban J connectivity index is 0.000000212. The third-order valence-corrected chi connectivity index (χ3v) is 5.31. The zero-order chi connectivity index (χ0) is 24.5. The molecule has 0 bridgehead atoms. The highest BCUT2D eigenvalue weighted by atomic mass is 19.1. The maximum absolute atomic E-state index is 14.1. The summed E-state index contributed by atoms with van der Waals surface area (Å²) in [5.41, 5.74) is 2.60. The van der Waals surface area contributed by atoms with Crippen molar-refractivity contribution in [3.8, 4) is 22.6 Å². The molecule has 1 aliphatic rings. The number of anilines is 1. The van der Waals surface area contributed by atoms with Gasteiger partial charge in [-0.15, -0.1) is 0 Å². The van der Waals surface area contributed by atoms with Crippen LogP contribution in [0, 0.1) is 17.6 Å². The van der Waals surface area contributed by atoms with Gasteiger partial charge >= 0.3 is 0 Å². The topological polar surface area (TPSA) is 79.5 Å². The molecule has 2 N–H and O–H groups in total. The van der Waals surface area contributed by atoms with Gasteiger partial charge in [0.25, 0.3) is 0 Å². The van der Waals surface area contributed by atoms with Gasteiger partial charge in [-0.3, -0.25) is 5.10 Å². The number of rotatable bonds is 8. The van der Waals surface area contributed by atoms with E-state index in [2.05, 4.69) is 20.4 Å². The number of carbonyl (C=O) groups is 1. The summed E-state index contributed by atoms with van der Waals surface area (Å²) in [7, 11) is 5.79. The van der Waals surface area contributed by atoms with Gasteiger partial charge in [-0.05, 0) is 56.8 Å². The molecule has 0 spiro atoms. The highest BCUT2D eigenvalue weighted by Gasteiger charge is 2.19. The molecule has 0 aliphatic carbocycles. The van der Waals surface area contributed by atoms with Crippen molar-refractivity contribution < 1.29 is 23.0 Å². The SMILES string of the molecule is CNc1cc(F)c(-c2cn[nH]c2)cc1OCCCN(C)C.O=CC1COc2ccc(F)cc2C1. The number of aromatic amines is 1. The predicted molar refractivity (Wildman–Crippen MR) is 127 cm³/mol. The van der Waals surface area contributed by atoms with Crippen LogP contribution in [0.5, 0.6) is 11.5 Å². The number of nitrogens with zero attached hydrogens (tertiary/aromatic N) is 2. The third kappa shape index (κ3) is 6.77. The maximum Gasteiger partial charge on any atom is 0.143 e. The fourth-order valence-corrected chi connectivity index (χ4v) is 3.52. The molecular weight excluding hydrogens is 442 g/mol. The fourth-order valence-electron chi connectivity index (χ4n) is 3.52. The van der Waals surface area contributed by atoms with Crippen LogP contribution >= 0.6 is 0 Å². The second-order valence-corrected chi connectivity index (χ2v) is 8.23. The number of nitrogens with one attached hydrogen (secondary N) is 2. The van der Waals surface area contributed by atoms with Crippen molar-refractivity contribution in [3.05, 3.63) is 59.9 Å². The number of H-pyrrole nitrogens is 1. The van der Waals surface area contributed by atoms with E-state index < -0.39 is 0 Å². The van der Waals surface area contributed by atoms with E-state index in [1.165, 1.54) is 18.2 Å². The van der Waals surface area contributed by atoms with E-state index in [-0.39, 0.29) is 17.6 Å². The van der Waals surface area contributed by atoms with Crippen LogP contribution in [0.3, 0.4) is 0 Å². The summed E-state index contributed by atoms with van der Waals surface area (Å²) >= 11 is 0. The average molecular weight is 473 g/mol. The predicted octanol–water partition coefficient (Wildman–Crippen LogP) is 4.16. The Morgan fingerprint density at radius 2 is 2.12 bits per heavy atom. The Morgan fingerprint density at radius 1 is 1.29 bits per heavy atom. The zero-order valence-corrected chi connectivity index (χ0v) is 19.6. The number of ether oxygens (including phenoxy) is 2. The molecule has 9 heteroatoms. The Kier molecular flexibility index (Phi) is 8.98. The Labute approximate surface area is 198 Å². The average Bonchev–Trinajstić information content (AvgIpc) is 3.36. The zero-order valence-electron chi connectivity index (χ0n) is 19.6. The van der Waals surface area contributed by atoms with E-state index in [4.69, 9.17) is 9.47 Å². The standard InChI is InChI=1S/C15H21FN4O.C10H9FO2/c1-17-14-8-13(16)12(11-9-18-19-10-11)7-15(14)21-6-4-5-20(2)3;11-9-1-2-10-8(4-9)3-7(5-12)6-13-10/h7-10,17H,4-6H2,1-3H3,(H,18,19);1-2,4-5,7H,3,6H2. The van der Waals surface area contributed by atoms with Gasteiger partial charge in [-0.2, -0.15) is 5.10 Å². The van der Waals surface area contributed by atoms with E-state index in [0.29, 0.717) is 47.9 Å². The smallest absolute Gasteiger partial charge is 0.143 e. The molecule has 1 aromatic heterocycles. The normalized spacial score (nSPS) is 14.5. The van der Waals surface area contributed by atoms with Gasteiger partial charge in [-0.25, -0.2) is 8.78 Å². The lowest BCUT2D eigenvalue weighted by molar-refractivity contribution is -0.112. The highest BCUT2D eigenvalue weighted by molar-refractivity contribution is 5.70. The molecular formula is C25H30F2N4O3. The minimum absolute atomic E-state index is 0.130. The first-order valence-corrected chi connectivity index (χ1v) is 11.1. The van der Waals surface area contributed by atoms with Crippen molar-refractivity contribution >= 4 is 12.0 Å². The Morgan fingerprint density at radius 3 is 2.79 bits per heavy atom. The monoisotopic (exact) mass is 472 g/mol. The molecule has 1 aliphatic heterocycles. The molecule has 0 amide bonds. The molecule has 7 nitrogen and oxygen atoms in total. The summed E-state index contributed by atoms with van der Waals surface area (Å²) < 4.78 is 38.0. The molecule has 1 atom stereocenters. The van der Waals surface area contributed by atoms with Crippen molar-refractivity contribution in [3.63, 3.8) is 0 Å². The van der Waals surface area contributed by atoms with Gasteiger partial charge in [0.15, 0.2) is 0 Å². The second-order valence-electron chi connectivity index (χ2n) is 8.23. The van der Waals surface area contributed by atoms with Crippen molar-refractivity contribution in [2.45, 2.75) is 12.8 Å². The van der Waals surface area contributed by atoms with Crippen LogP contribution in [0.1, 0.15) is 12.0 Å². The van der Waals surface area contributed by atoms with Crippen LogP contribution in [-0.2, 0) is 11.2 Å². The van der Waals surface area contributed by atoms with Gasteiger partial charge in [0, 0.05) is 37.0 Å². The van der Waals surface area contributed by atoms with Crippen molar-refractivity contribution in [2.24, 2.45) is 5.92 Å². The van der Waals surface area contributed by atoms with Gasteiger partial charge in [0.1, 0.15) is 29.4 Å². The van der Waals surface area contributed by atoms with Gasteiger partial charge < -0.3 is 24.5 Å². The molecule has 4 rings (SSSR count). The summed E-state index contributed by atoms with van der Waals surface area (Å²) in [6.45, 7) is 1.94. The molecule has 2 aromatic carbocycles. The summed E-state index contributed by atoms with van der Waals surface area (Å²) in [6, 6.07) is 7.54. The van der Waals surface area contributed by atoms with Gasteiger partial charge in [0.05, 0.1) is 31.0 Å². The largest absolute Gasteiger partial charge is 0.493 e. The van der Waals surface area contributed by atoms with Crippen molar-refractivity contribution in [2.75, 3.05) is 46.2 Å². The van der Waals surface area contributed by atoms with Crippen LogP contribution in [0.25, 0.3) is 11.1 Å². The van der Waals surface area contributed by atoms with E-state index in [9.17, 15) is 13.6 Å². The van der Waals surface area contributed by atoms with Crippen molar-refractivity contribution in [1.82, 2.24) is 15.1 Å². The Bertz CT molecular complexity index is 1070. The molecule has 182 valence electrons.